The van der Waals surface area contributed by atoms with Crippen molar-refractivity contribution in [1.82, 2.24) is 15.2 Å². The number of nitrogens with one attached hydrogen (secondary N) is 1. The lowest BCUT2D eigenvalue weighted by atomic mass is 10.2. The van der Waals surface area contributed by atoms with Gasteiger partial charge in [-0.15, -0.1) is 0 Å². The first kappa shape index (κ1) is 13.6. The van der Waals surface area contributed by atoms with E-state index in [1.807, 2.05) is 24.0 Å². The van der Waals surface area contributed by atoms with Gasteiger partial charge in [0.1, 0.15) is 0 Å². The quantitative estimate of drug-likeness (QED) is 0.701. The van der Waals surface area contributed by atoms with Crippen molar-refractivity contribution in [3.63, 3.8) is 0 Å². The lowest BCUT2D eigenvalue weighted by molar-refractivity contribution is -0.122. The summed E-state index contributed by atoms with van der Waals surface area (Å²) in [5.74, 6) is -0.0602. The molecule has 0 saturated carbocycles. The minimum Gasteiger partial charge on any atom is -0.395 e. The maximum Gasteiger partial charge on any atom is 0.234 e. The van der Waals surface area contributed by atoms with Crippen molar-refractivity contribution >= 4 is 5.91 Å². The number of carbonyl (C=O) groups is 1. The zero-order chi connectivity index (χ0) is 12.5. The van der Waals surface area contributed by atoms with Crippen LogP contribution in [0.15, 0.2) is 24.5 Å². The molecular weight excluding hydrogens is 218 g/mol. The lowest BCUT2D eigenvalue weighted by Crippen LogP contribution is -2.37. The van der Waals surface area contributed by atoms with E-state index >= 15 is 0 Å². The van der Waals surface area contributed by atoms with Crippen molar-refractivity contribution in [1.29, 1.82) is 0 Å². The van der Waals surface area contributed by atoms with Gasteiger partial charge in [-0.1, -0.05) is 6.92 Å². The Morgan fingerprint density at radius 2 is 2.18 bits per heavy atom. The van der Waals surface area contributed by atoms with Crippen LogP contribution in [-0.4, -0.2) is 47.1 Å². The maximum atomic E-state index is 11.5. The minimum atomic E-state index is -0.0602. The second-order valence-corrected chi connectivity index (χ2v) is 3.73. The molecule has 0 aliphatic heterocycles. The Bertz CT molecular complexity index is 330. The number of aliphatic hydroxyl groups is 1. The second-order valence-electron chi connectivity index (χ2n) is 3.73. The molecule has 0 aromatic carbocycles. The van der Waals surface area contributed by atoms with Crippen molar-refractivity contribution in [2.75, 3.05) is 26.2 Å². The molecule has 0 aliphatic carbocycles. The number of nitrogens with zero attached hydrogens (tertiary/aromatic N) is 2. The first-order valence-electron chi connectivity index (χ1n) is 5.75. The highest BCUT2D eigenvalue weighted by Gasteiger charge is 2.08. The monoisotopic (exact) mass is 237 g/mol. The highest BCUT2D eigenvalue weighted by Crippen LogP contribution is 2.02. The van der Waals surface area contributed by atoms with Crippen molar-refractivity contribution < 1.29 is 9.90 Å². The Hall–Kier alpha value is -1.46. The van der Waals surface area contributed by atoms with E-state index in [2.05, 4.69) is 10.3 Å². The topological polar surface area (TPSA) is 65.5 Å². The van der Waals surface area contributed by atoms with E-state index in [9.17, 15) is 4.79 Å². The summed E-state index contributed by atoms with van der Waals surface area (Å²) >= 11 is 0. The fourth-order valence-electron chi connectivity index (χ4n) is 1.48. The van der Waals surface area contributed by atoms with Gasteiger partial charge in [-0.2, -0.15) is 0 Å². The van der Waals surface area contributed by atoms with Crippen LogP contribution in [0.25, 0.3) is 0 Å². The fraction of sp³-hybridized carbons (Fsp3) is 0.500. The van der Waals surface area contributed by atoms with Gasteiger partial charge in [-0.25, -0.2) is 0 Å². The van der Waals surface area contributed by atoms with Crippen molar-refractivity contribution in [3.8, 4) is 0 Å². The molecule has 1 aromatic rings. The summed E-state index contributed by atoms with van der Waals surface area (Å²) in [5, 5.41) is 11.2. The number of likely N-dealkylation sites (N-methyl/N-ethyl adjacent to an activating group) is 1. The molecule has 0 aliphatic rings. The Kier molecular flexibility index (Phi) is 6.21. The Morgan fingerprint density at radius 3 is 2.76 bits per heavy atom. The van der Waals surface area contributed by atoms with Gasteiger partial charge in [0.2, 0.25) is 5.91 Å². The fourth-order valence-corrected chi connectivity index (χ4v) is 1.48. The number of pyridine rings is 1. The minimum absolute atomic E-state index is 0.0256. The highest BCUT2D eigenvalue weighted by molar-refractivity contribution is 5.77. The SMILES string of the molecule is CCN(CC(=O)NCCO)Cc1ccncc1. The van der Waals surface area contributed by atoms with Gasteiger partial charge in [-0.05, 0) is 24.2 Å². The molecule has 17 heavy (non-hydrogen) atoms. The zero-order valence-corrected chi connectivity index (χ0v) is 10.1. The van der Waals surface area contributed by atoms with E-state index in [0.717, 1.165) is 18.7 Å². The van der Waals surface area contributed by atoms with E-state index in [4.69, 9.17) is 5.11 Å². The van der Waals surface area contributed by atoms with Crippen LogP contribution in [-0.2, 0) is 11.3 Å². The van der Waals surface area contributed by atoms with Crippen LogP contribution >= 0.6 is 0 Å². The van der Waals surface area contributed by atoms with Crippen LogP contribution in [0, 0.1) is 0 Å². The Balaban J connectivity index is 2.41. The summed E-state index contributed by atoms with van der Waals surface area (Å²) in [6.45, 7) is 4.17. The first-order chi connectivity index (χ1) is 8.26. The normalized spacial score (nSPS) is 10.5. The van der Waals surface area contributed by atoms with Gasteiger partial charge in [0.25, 0.3) is 0 Å². The lowest BCUT2D eigenvalue weighted by Gasteiger charge is -2.19. The number of amides is 1. The van der Waals surface area contributed by atoms with E-state index in [0.29, 0.717) is 13.1 Å². The smallest absolute Gasteiger partial charge is 0.234 e. The summed E-state index contributed by atoms with van der Waals surface area (Å²) in [7, 11) is 0. The van der Waals surface area contributed by atoms with Crippen LogP contribution in [0.5, 0.6) is 0 Å². The summed E-state index contributed by atoms with van der Waals surface area (Å²) in [6, 6.07) is 3.88. The van der Waals surface area contributed by atoms with Crippen molar-refractivity contribution in [3.05, 3.63) is 30.1 Å². The van der Waals surface area contributed by atoms with Gasteiger partial charge in [-0.3, -0.25) is 14.7 Å². The molecule has 0 saturated heterocycles. The van der Waals surface area contributed by atoms with Gasteiger partial charge < -0.3 is 10.4 Å². The Morgan fingerprint density at radius 1 is 1.47 bits per heavy atom. The summed E-state index contributed by atoms with van der Waals surface area (Å²) in [5.41, 5.74) is 1.14. The van der Waals surface area contributed by atoms with Gasteiger partial charge in [0.05, 0.1) is 13.2 Å². The molecule has 5 heteroatoms. The molecule has 0 unspecified atom stereocenters. The number of aliphatic hydroxyl groups excluding tert-OH is 1. The zero-order valence-electron chi connectivity index (χ0n) is 10.1. The predicted molar refractivity (Wildman–Crippen MR) is 65.3 cm³/mol. The van der Waals surface area contributed by atoms with E-state index < -0.39 is 0 Å². The van der Waals surface area contributed by atoms with Crippen LogP contribution < -0.4 is 5.32 Å². The first-order valence-corrected chi connectivity index (χ1v) is 5.75. The number of hydrogen-bond acceptors (Lipinski definition) is 4. The molecule has 2 N–H and O–H groups in total. The molecule has 1 heterocycles. The molecule has 0 spiro atoms. The van der Waals surface area contributed by atoms with Crippen LogP contribution in [0.3, 0.4) is 0 Å². The van der Waals surface area contributed by atoms with Gasteiger partial charge in [0.15, 0.2) is 0 Å². The average molecular weight is 237 g/mol. The molecular formula is C12H19N3O2. The van der Waals surface area contributed by atoms with Crippen LogP contribution in [0.4, 0.5) is 0 Å². The number of aromatic nitrogens is 1. The molecule has 0 fully saturated rings. The van der Waals surface area contributed by atoms with Crippen molar-refractivity contribution in [2.24, 2.45) is 0 Å². The largest absolute Gasteiger partial charge is 0.395 e. The molecule has 1 rings (SSSR count). The van der Waals surface area contributed by atoms with E-state index in [1.165, 1.54) is 0 Å². The molecule has 0 bridgehead atoms. The van der Waals surface area contributed by atoms with Gasteiger partial charge in [0, 0.05) is 25.5 Å². The average Bonchev–Trinajstić information content (AvgIpc) is 2.36. The third kappa shape index (κ3) is 5.42. The Labute approximate surface area is 101 Å². The molecule has 1 aromatic heterocycles. The third-order valence-electron chi connectivity index (χ3n) is 2.40. The standard InChI is InChI=1S/C12H19N3O2/c1-2-15(10-12(17)14-7-8-16)9-11-3-5-13-6-4-11/h3-6,16H,2,7-10H2,1H3,(H,14,17). The maximum absolute atomic E-state index is 11.5. The molecule has 5 nitrogen and oxygen atoms in total. The number of carbonyl (C=O) groups excluding carboxylic acids is 1. The van der Waals surface area contributed by atoms with Gasteiger partial charge >= 0.3 is 0 Å². The number of hydrogen-bond donors (Lipinski definition) is 2. The summed E-state index contributed by atoms with van der Waals surface area (Å²) in [6.07, 6.45) is 3.49. The second kappa shape index (κ2) is 7.76. The van der Waals surface area contributed by atoms with Crippen LogP contribution in [0.2, 0.25) is 0 Å². The highest BCUT2D eigenvalue weighted by atomic mass is 16.3. The molecule has 0 radical (unpaired) electrons. The third-order valence-corrected chi connectivity index (χ3v) is 2.40. The summed E-state index contributed by atoms with van der Waals surface area (Å²) in [4.78, 5) is 17.5. The van der Waals surface area contributed by atoms with E-state index in [-0.39, 0.29) is 12.5 Å². The van der Waals surface area contributed by atoms with Crippen LogP contribution in [0.1, 0.15) is 12.5 Å². The number of rotatable bonds is 7. The summed E-state index contributed by atoms with van der Waals surface area (Å²) < 4.78 is 0. The molecule has 0 atom stereocenters. The van der Waals surface area contributed by atoms with E-state index in [1.54, 1.807) is 12.4 Å². The van der Waals surface area contributed by atoms with Crippen molar-refractivity contribution in [2.45, 2.75) is 13.5 Å². The predicted octanol–water partition coefficient (Wildman–Crippen LogP) is 0.0120. The molecule has 94 valence electrons. The molecule has 1 amide bonds.